The van der Waals surface area contributed by atoms with Crippen molar-refractivity contribution in [3.63, 3.8) is 0 Å². The standard InChI is InChI=1S/C14H11F3N2O3/c15-14(16,17)8-2-1-3-9(6-8)18-13(22)19-11-5-4-10(20)7-12(11)21/h1-7,20-21H,(H2,18,19,22). The highest BCUT2D eigenvalue weighted by Crippen LogP contribution is 2.31. The van der Waals surface area contributed by atoms with Crippen LogP contribution in [0.25, 0.3) is 0 Å². The van der Waals surface area contributed by atoms with E-state index in [0.29, 0.717) is 0 Å². The number of halogens is 3. The number of hydrogen-bond donors (Lipinski definition) is 4. The van der Waals surface area contributed by atoms with Gasteiger partial charge in [-0.3, -0.25) is 0 Å². The van der Waals surface area contributed by atoms with E-state index in [1.165, 1.54) is 18.2 Å². The highest BCUT2D eigenvalue weighted by molar-refractivity contribution is 6.00. The van der Waals surface area contributed by atoms with Gasteiger partial charge in [0.05, 0.1) is 11.3 Å². The van der Waals surface area contributed by atoms with Crippen molar-refractivity contribution in [3.8, 4) is 11.5 Å². The monoisotopic (exact) mass is 312 g/mol. The summed E-state index contributed by atoms with van der Waals surface area (Å²) in [6.45, 7) is 0. The summed E-state index contributed by atoms with van der Waals surface area (Å²) in [7, 11) is 0. The van der Waals surface area contributed by atoms with Crippen molar-refractivity contribution in [1.29, 1.82) is 0 Å². The molecule has 0 aliphatic carbocycles. The fourth-order valence-corrected chi connectivity index (χ4v) is 1.68. The minimum absolute atomic E-state index is 0.00211. The number of carbonyl (C=O) groups is 1. The van der Waals surface area contributed by atoms with Crippen LogP contribution in [0, 0.1) is 0 Å². The number of rotatable bonds is 2. The molecule has 0 radical (unpaired) electrons. The van der Waals surface area contributed by atoms with Gasteiger partial charge in [0.15, 0.2) is 0 Å². The molecule has 0 bridgehead atoms. The lowest BCUT2D eigenvalue weighted by molar-refractivity contribution is -0.137. The Morgan fingerprint density at radius 1 is 1.00 bits per heavy atom. The molecule has 0 heterocycles. The van der Waals surface area contributed by atoms with Crippen LogP contribution in [0.3, 0.4) is 0 Å². The van der Waals surface area contributed by atoms with E-state index >= 15 is 0 Å². The van der Waals surface area contributed by atoms with E-state index in [2.05, 4.69) is 10.6 Å². The summed E-state index contributed by atoms with van der Waals surface area (Å²) < 4.78 is 37.7. The Labute approximate surface area is 123 Å². The van der Waals surface area contributed by atoms with Gasteiger partial charge in [-0.1, -0.05) is 6.07 Å². The molecule has 2 aromatic carbocycles. The molecule has 4 N–H and O–H groups in total. The van der Waals surface area contributed by atoms with Crippen molar-refractivity contribution in [2.75, 3.05) is 10.6 Å². The Bertz CT molecular complexity index is 702. The van der Waals surface area contributed by atoms with Crippen molar-refractivity contribution >= 4 is 17.4 Å². The maximum atomic E-state index is 12.6. The zero-order valence-corrected chi connectivity index (χ0v) is 11.0. The van der Waals surface area contributed by atoms with Crippen LogP contribution >= 0.6 is 0 Å². The Hall–Kier alpha value is -2.90. The van der Waals surface area contributed by atoms with Gasteiger partial charge in [-0.25, -0.2) is 4.79 Å². The number of aromatic hydroxyl groups is 2. The minimum Gasteiger partial charge on any atom is -0.508 e. The van der Waals surface area contributed by atoms with E-state index in [0.717, 1.165) is 24.3 Å². The number of amides is 2. The first kappa shape index (κ1) is 15.5. The second-order valence-electron chi connectivity index (χ2n) is 4.36. The molecule has 2 amide bonds. The number of phenolic OH excluding ortho intramolecular Hbond substituents is 2. The lowest BCUT2D eigenvalue weighted by atomic mass is 10.2. The molecule has 0 unspecified atom stereocenters. The van der Waals surface area contributed by atoms with Crippen molar-refractivity contribution in [3.05, 3.63) is 48.0 Å². The molecule has 2 aromatic rings. The van der Waals surface area contributed by atoms with Gasteiger partial charge in [0, 0.05) is 11.8 Å². The number of nitrogens with one attached hydrogen (secondary N) is 2. The lowest BCUT2D eigenvalue weighted by Crippen LogP contribution is -2.19. The van der Waals surface area contributed by atoms with Crippen LogP contribution in [0.2, 0.25) is 0 Å². The molecule has 5 nitrogen and oxygen atoms in total. The Morgan fingerprint density at radius 2 is 1.73 bits per heavy atom. The van der Waals surface area contributed by atoms with Crippen molar-refractivity contribution in [2.24, 2.45) is 0 Å². The molecule has 0 aliphatic rings. The Morgan fingerprint density at radius 3 is 2.36 bits per heavy atom. The van der Waals surface area contributed by atoms with Crippen molar-refractivity contribution in [2.45, 2.75) is 6.18 Å². The highest BCUT2D eigenvalue weighted by atomic mass is 19.4. The quantitative estimate of drug-likeness (QED) is 0.503. The minimum atomic E-state index is -4.51. The molecule has 0 spiro atoms. The van der Waals surface area contributed by atoms with Crippen molar-refractivity contribution < 1.29 is 28.2 Å². The molecule has 0 saturated heterocycles. The van der Waals surface area contributed by atoms with Gasteiger partial charge in [0.2, 0.25) is 0 Å². The van der Waals surface area contributed by atoms with Crippen molar-refractivity contribution in [1.82, 2.24) is 0 Å². The summed E-state index contributed by atoms with van der Waals surface area (Å²) in [6, 6.07) is 6.79. The van der Waals surface area contributed by atoms with Gasteiger partial charge >= 0.3 is 12.2 Å². The Balaban J connectivity index is 2.09. The predicted molar refractivity (Wildman–Crippen MR) is 73.9 cm³/mol. The van der Waals surface area contributed by atoms with Crippen LogP contribution in [0.1, 0.15) is 5.56 Å². The third kappa shape index (κ3) is 3.81. The highest BCUT2D eigenvalue weighted by Gasteiger charge is 2.30. The van der Waals surface area contributed by atoms with Gasteiger partial charge in [-0.2, -0.15) is 13.2 Å². The molecule has 0 atom stereocenters. The van der Waals surface area contributed by atoms with Crippen LogP contribution in [0.4, 0.5) is 29.3 Å². The molecular weight excluding hydrogens is 301 g/mol. The van der Waals surface area contributed by atoms with Gasteiger partial charge in [-0.15, -0.1) is 0 Å². The average Bonchev–Trinajstić information content (AvgIpc) is 2.41. The number of phenols is 2. The van der Waals surface area contributed by atoms with E-state index in [9.17, 15) is 23.1 Å². The van der Waals surface area contributed by atoms with Gasteiger partial charge in [0.25, 0.3) is 0 Å². The fourth-order valence-electron chi connectivity index (χ4n) is 1.68. The summed E-state index contributed by atoms with van der Waals surface area (Å²) in [5.74, 6) is -0.569. The molecule has 0 aromatic heterocycles. The van der Waals surface area contributed by atoms with Crippen LogP contribution in [0.5, 0.6) is 11.5 Å². The van der Waals surface area contributed by atoms with E-state index < -0.39 is 17.8 Å². The summed E-state index contributed by atoms with van der Waals surface area (Å²) >= 11 is 0. The number of carbonyl (C=O) groups excluding carboxylic acids is 1. The number of anilines is 2. The van der Waals surface area contributed by atoms with E-state index in [-0.39, 0.29) is 22.9 Å². The van der Waals surface area contributed by atoms with Gasteiger partial charge < -0.3 is 20.8 Å². The largest absolute Gasteiger partial charge is 0.508 e. The number of alkyl halides is 3. The number of urea groups is 1. The zero-order chi connectivity index (χ0) is 16.3. The molecule has 0 saturated carbocycles. The molecular formula is C14H11F3N2O3. The maximum absolute atomic E-state index is 12.6. The lowest BCUT2D eigenvalue weighted by Gasteiger charge is -2.11. The summed E-state index contributed by atoms with van der Waals surface area (Å²) in [5.41, 5.74) is -0.939. The first-order valence-corrected chi connectivity index (χ1v) is 6.03. The molecule has 116 valence electrons. The van der Waals surface area contributed by atoms with E-state index in [4.69, 9.17) is 5.11 Å². The number of hydrogen-bond acceptors (Lipinski definition) is 3. The summed E-state index contributed by atoms with van der Waals surface area (Å²) in [5, 5.41) is 23.1. The van der Waals surface area contributed by atoms with Gasteiger partial charge in [0.1, 0.15) is 11.5 Å². The van der Waals surface area contributed by atoms with E-state index in [1.54, 1.807) is 0 Å². The maximum Gasteiger partial charge on any atom is 0.416 e. The smallest absolute Gasteiger partial charge is 0.416 e. The third-order valence-corrected chi connectivity index (χ3v) is 2.68. The predicted octanol–water partition coefficient (Wildman–Crippen LogP) is 3.76. The van der Waals surface area contributed by atoms with Crippen LogP contribution in [0.15, 0.2) is 42.5 Å². The fraction of sp³-hybridized carbons (Fsp3) is 0.0714. The zero-order valence-electron chi connectivity index (χ0n) is 11.0. The average molecular weight is 312 g/mol. The second kappa shape index (κ2) is 5.84. The first-order valence-electron chi connectivity index (χ1n) is 6.03. The number of benzene rings is 2. The SMILES string of the molecule is O=C(Nc1cccc(C(F)(F)F)c1)Nc1ccc(O)cc1O. The third-order valence-electron chi connectivity index (χ3n) is 2.68. The first-order chi connectivity index (χ1) is 10.3. The summed E-state index contributed by atoms with van der Waals surface area (Å²) in [4.78, 5) is 11.7. The molecule has 22 heavy (non-hydrogen) atoms. The Kier molecular flexibility index (Phi) is 4.11. The molecule has 0 fully saturated rings. The van der Waals surface area contributed by atoms with Crippen LogP contribution < -0.4 is 10.6 Å². The van der Waals surface area contributed by atoms with Gasteiger partial charge in [-0.05, 0) is 30.3 Å². The summed E-state index contributed by atoms with van der Waals surface area (Å²) in [6.07, 6.45) is -4.51. The molecule has 2 rings (SSSR count). The normalized spacial score (nSPS) is 11.0. The second-order valence-corrected chi connectivity index (χ2v) is 4.36. The molecule has 0 aliphatic heterocycles. The topological polar surface area (TPSA) is 81.6 Å². The van der Waals surface area contributed by atoms with E-state index in [1.807, 2.05) is 0 Å². The van der Waals surface area contributed by atoms with Crippen LogP contribution in [-0.2, 0) is 6.18 Å². The van der Waals surface area contributed by atoms with Crippen LogP contribution in [-0.4, -0.2) is 16.2 Å². The molecule has 8 heteroatoms.